The van der Waals surface area contributed by atoms with E-state index >= 15 is 0 Å². The van der Waals surface area contributed by atoms with Gasteiger partial charge in [0.15, 0.2) is 0 Å². The van der Waals surface area contributed by atoms with Gasteiger partial charge in [-0.3, -0.25) is 0 Å². The number of hydrogen-bond acceptors (Lipinski definition) is 1. The third kappa shape index (κ3) is 3.80. The molecule has 2 aromatic rings. The minimum atomic E-state index is -1.86. The minimum absolute atomic E-state index is 0. The third-order valence-electron chi connectivity index (χ3n) is 5.90. The molecule has 4 heteroatoms. The van der Waals surface area contributed by atoms with Crippen molar-refractivity contribution in [2.45, 2.75) is 45.2 Å². The van der Waals surface area contributed by atoms with Crippen LogP contribution in [0.2, 0.25) is 6.04 Å². The molecule has 0 amide bonds. The molecular weight excluding hydrogens is 394 g/mol. The van der Waals surface area contributed by atoms with Crippen molar-refractivity contribution in [3.05, 3.63) is 82.4 Å². The summed E-state index contributed by atoms with van der Waals surface area (Å²) in [6.07, 6.45) is 4.21. The first-order valence-electron chi connectivity index (χ1n) is 9.72. The van der Waals surface area contributed by atoms with Crippen LogP contribution in [0.3, 0.4) is 0 Å². The van der Waals surface area contributed by atoms with E-state index in [9.17, 15) is 4.46 Å². The van der Waals surface area contributed by atoms with E-state index in [1.165, 1.54) is 39.0 Å². The maximum absolute atomic E-state index is 13.1. The van der Waals surface area contributed by atoms with Crippen molar-refractivity contribution in [1.82, 2.24) is 4.57 Å². The van der Waals surface area contributed by atoms with Crippen molar-refractivity contribution in [1.29, 1.82) is 0 Å². The Bertz CT molecular complexity index is 984. The number of rotatable bonds is 3. The largest absolute Gasteiger partial charge is 3.00 e. The number of benzene rings is 2. The second-order valence-corrected chi connectivity index (χ2v) is 10.4. The zero-order valence-corrected chi connectivity index (χ0v) is 19.7. The zero-order valence-electron chi connectivity index (χ0n) is 17.2. The van der Waals surface area contributed by atoms with Crippen molar-refractivity contribution in [2.24, 2.45) is 0 Å². The summed E-state index contributed by atoms with van der Waals surface area (Å²) < 4.78 is 15.2. The van der Waals surface area contributed by atoms with Crippen LogP contribution < -0.4 is 0 Å². The average molecular weight is 421 g/mol. The quantitative estimate of drug-likeness (QED) is 0.612. The summed E-state index contributed by atoms with van der Waals surface area (Å²) in [5, 5.41) is 0. The second-order valence-electron chi connectivity index (χ2n) is 8.59. The molecule has 0 fully saturated rings. The van der Waals surface area contributed by atoms with Gasteiger partial charge in [-0.1, -0.05) is 60.2 Å². The standard InChI is InChI=1S/C24H27NOSi.Ti/c1-24(2,3)25(4)27(26)16-19-13-14-22-20-11-7-5-9-17(20)15-18-10-6-8-12-21(18)23(19)22;/h5-12,14H,13,15-16H2,1-4H3;/q;+3. The van der Waals surface area contributed by atoms with Crippen LogP contribution in [-0.4, -0.2) is 26.0 Å². The van der Waals surface area contributed by atoms with Crippen molar-refractivity contribution in [3.63, 3.8) is 0 Å². The van der Waals surface area contributed by atoms with E-state index in [0.717, 1.165) is 12.8 Å². The Kier molecular flexibility index (Phi) is 6.09. The maximum atomic E-state index is 13.1. The van der Waals surface area contributed by atoms with Gasteiger partial charge in [-0.05, 0) is 67.0 Å². The third-order valence-corrected chi connectivity index (χ3v) is 8.04. The van der Waals surface area contributed by atoms with E-state index in [2.05, 4.69) is 79.9 Å². The van der Waals surface area contributed by atoms with E-state index in [1.54, 1.807) is 0 Å². The van der Waals surface area contributed by atoms with E-state index in [0.29, 0.717) is 6.04 Å². The first kappa shape index (κ1) is 21.2. The summed E-state index contributed by atoms with van der Waals surface area (Å²) in [5.74, 6) is 0. The molecule has 0 bridgehead atoms. The van der Waals surface area contributed by atoms with Gasteiger partial charge in [-0.2, -0.15) is 0 Å². The number of fused-ring (bicyclic) bond motifs is 5. The molecule has 4 rings (SSSR count). The van der Waals surface area contributed by atoms with Crippen LogP contribution in [-0.2, 0) is 32.6 Å². The van der Waals surface area contributed by atoms with Crippen LogP contribution in [0.1, 0.15) is 49.4 Å². The Morgan fingerprint density at radius 1 is 0.964 bits per heavy atom. The molecule has 2 nitrogen and oxygen atoms in total. The van der Waals surface area contributed by atoms with Gasteiger partial charge >= 0.3 is 30.6 Å². The molecule has 2 aliphatic rings. The molecule has 139 valence electrons. The topological polar surface area (TPSA) is 20.3 Å². The van der Waals surface area contributed by atoms with Gasteiger partial charge < -0.3 is 9.03 Å². The van der Waals surface area contributed by atoms with Crippen LogP contribution in [0, 0.1) is 0 Å². The molecule has 0 atom stereocenters. The molecule has 0 saturated carbocycles. The van der Waals surface area contributed by atoms with Crippen molar-refractivity contribution in [2.75, 3.05) is 7.05 Å². The maximum Gasteiger partial charge on any atom is 3.00 e. The summed E-state index contributed by atoms with van der Waals surface area (Å²) in [6.45, 7) is 6.38. The fourth-order valence-electron chi connectivity index (χ4n) is 4.10. The minimum Gasteiger partial charge on any atom is -0.375 e. The van der Waals surface area contributed by atoms with Gasteiger partial charge in [0.1, 0.15) is 0 Å². The smallest absolute Gasteiger partial charge is 0.375 e. The van der Waals surface area contributed by atoms with Gasteiger partial charge in [-0.25, -0.2) is 0 Å². The van der Waals surface area contributed by atoms with E-state index in [4.69, 9.17) is 0 Å². The number of allylic oxidation sites excluding steroid dienone is 4. The molecule has 0 saturated heterocycles. The summed E-state index contributed by atoms with van der Waals surface area (Å²) in [6, 6.07) is 18.1. The van der Waals surface area contributed by atoms with E-state index in [-0.39, 0.29) is 27.3 Å². The SMILES string of the molecule is CN([Si](=O)CC1=C2C(=CC1)c1ccccc1Cc1ccccc12)C(C)(C)C.[Ti+3]. The van der Waals surface area contributed by atoms with Crippen LogP contribution in [0.25, 0.3) is 11.1 Å². The van der Waals surface area contributed by atoms with Gasteiger partial charge in [0.25, 0.3) is 0 Å². The van der Waals surface area contributed by atoms with Crippen molar-refractivity contribution in [3.8, 4) is 0 Å². The van der Waals surface area contributed by atoms with Crippen LogP contribution in [0.4, 0.5) is 0 Å². The predicted molar refractivity (Wildman–Crippen MR) is 114 cm³/mol. The molecule has 2 aromatic carbocycles. The van der Waals surface area contributed by atoms with Gasteiger partial charge in [0.2, 0.25) is 0 Å². The normalized spacial score (nSPS) is 14.9. The molecule has 2 aliphatic carbocycles. The summed E-state index contributed by atoms with van der Waals surface area (Å²) in [7, 11) is 0.137. The first-order chi connectivity index (χ1) is 12.9. The van der Waals surface area contributed by atoms with Crippen LogP contribution >= 0.6 is 0 Å². The Morgan fingerprint density at radius 2 is 1.54 bits per heavy atom. The molecule has 28 heavy (non-hydrogen) atoms. The van der Waals surface area contributed by atoms with E-state index in [1.807, 2.05) is 7.05 Å². The summed E-state index contributed by atoms with van der Waals surface area (Å²) >= 11 is 0. The Hall–Kier alpha value is -1.55. The molecule has 0 unspecified atom stereocenters. The van der Waals surface area contributed by atoms with Crippen molar-refractivity contribution < 1.29 is 26.2 Å². The van der Waals surface area contributed by atoms with Gasteiger partial charge in [-0.15, -0.1) is 0 Å². The van der Waals surface area contributed by atoms with Crippen molar-refractivity contribution >= 4 is 20.0 Å². The molecule has 0 aromatic heterocycles. The first-order valence-corrected chi connectivity index (χ1v) is 11.3. The zero-order chi connectivity index (χ0) is 19.2. The number of hydrogen-bond donors (Lipinski definition) is 0. The predicted octanol–water partition coefficient (Wildman–Crippen LogP) is 5.48. The van der Waals surface area contributed by atoms with Crippen LogP contribution in [0.15, 0.2) is 60.2 Å². The molecule has 0 heterocycles. The number of nitrogens with zero attached hydrogens (tertiary/aromatic N) is 1. The summed E-state index contributed by atoms with van der Waals surface area (Å²) in [5.41, 5.74) is 9.32. The van der Waals surface area contributed by atoms with Gasteiger partial charge in [0, 0.05) is 18.6 Å². The van der Waals surface area contributed by atoms with Crippen LogP contribution in [0.5, 0.6) is 0 Å². The molecule has 0 spiro atoms. The fraction of sp³-hybridized carbons (Fsp3) is 0.333. The Labute approximate surface area is 185 Å². The Morgan fingerprint density at radius 3 is 2.18 bits per heavy atom. The monoisotopic (exact) mass is 421 g/mol. The average Bonchev–Trinajstić information content (AvgIpc) is 2.98. The molecule has 0 aliphatic heterocycles. The fourth-order valence-corrected chi connectivity index (χ4v) is 5.77. The molecular formula is C24H27NOSiTi+3. The molecule has 1 radical (unpaired) electrons. The second kappa shape index (κ2) is 8.06. The molecule has 0 N–H and O–H groups in total. The summed E-state index contributed by atoms with van der Waals surface area (Å²) in [4.78, 5) is 0. The Balaban J connectivity index is 0.00000225. The van der Waals surface area contributed by atoms with E-state index < -0.39 is 8.84 Å². The van der Waals surface area contributed by atoms with Gasteiger partial charge in [0.05, 0.1) is 0 Å².